The van der Waals surface area contributed by atoms with Crippen molar-refractivity contribution in [3.05, 3.63) is 71.3 Å². The second-order valence-electron chi connectivity index (χ2n) is 8.10. The van der Waals surface area contributed by atoms with Crippen LogP contribution in [0.3, 0.4) is 0 Å². The topological polar surface area (TPSA) is 55.4 Å². The van der Waals surface area contributed by atoms with E-state index in [1.807, 2.05) is 6.07 Å². The summed E-state index contributed by atoms with van der Waals surface area (Å²) in [7, 11) is 0. The highest BCUT2D eigenvalue weighted by Crippen LogP contribution is 2.63. The lowest BCUT2D eigenvalue weighted by Crippen LogP contribution is -2.30. The molecule has 4 nitrogen and oxygen atoms in total. The number of rotatable bonds is 8. The molecule has 144 valence electrons. The van der Waals surface area contributed by atoms with Crippen LogP contribution in [0.5, 0.6) is 0 Å². The number of hydrogen-bond donors (Lipinski definition) is 1. The summed E-state index contributed by atoms with van der Waals surface area (Å²) in [6.07, 6.45) is 2.37. The molecule has 0 radical (unpaired) electrons. The SMILES string of the molecule is CC1(c2cccc(CNS(=O)[O-])c2)C2CN(CCCc3ccccc3)CC21. The average molecular weight is 384 g/mol. The fourth-order valence-corrected chi connectivity index (χ4v) is 5.17. The summed E-state index contributed by atoms with van der Waals surface area (Å²) in [5.41, 5.74) is 4.07. The number of nitrogens with zero attached hydrogens (tertiary/aromatic N) is 1. The standard InChI is InChI=1S/C22H28N2O2S/c1-22(19-11-5-9-18(13-19)14-23-27(25)26)20-15-24(16-21(20)22)12-6-10-17-7-3-2-4-8-17/h2-5,7-9,11,13,20-21,23H,6,10,12,14-16H2,1H3,(H,25,26)/p-1. The van der Waals surface area contributed by atoms with Gasteiger partial charge >= 0.3 is 0 Å². The van der Waals surface area contributed by atoms with Crippen molar-refractivity contribution in [1.29, 1.82) is 0 Å². The molecule has 5 heteroatoms. The maximum absolute atomic E-state index is 10.7. The van der Waals surface area contributed by atoms with Gasteiger partial charge in [-0.3, -0.25) is 4.21 Å². The summed E-state index contributed by atoms with van der Waals surface area (Å²) < 4.78 is 23.9. The van der Waals surface area contributed by atoms with Crippen molar-refractivity contribution in [3.63, 3.8) is 0 Å². The summed E-state index contributed by atoms with van der Waals surface area (Å²) in [4.78, 5) is 2.62. The molecule has 0 bridgehead atoms. The summed E-state index contributed by atoms with van der Waals surface area (Å²) in [5, 5.41) is 0. The van der Waals surface area contributed by atoms with Gasteiger partial charge in [0, 0.05) is 36.3 Å². The zero-order valence-electron chi connectivity index (χ0n) is 15.8. The Morgan fingerprint density at radius 1 is 1.11 bits per heavy atom. The number of nitrogens with one attached hydrogen (secondary N) is 1. The summed E-state index contributed by atoms with van der Waals surface area (Å²) in [5.74, 6) is 1.46. The van der Waals surface area contributed by atoms with Gasteiger partial charge in [0.05, 0.1) is 0 Å². The molecule has 2 aliphatic rings. The highest BCUT2D eigenvalue weighted by atomic mass is 32.2. The molecule has 1 heterocycles. The van der Waals surface area contributed by atoms with E-state index >= 15 is 0 Å². The number of benzene rings is 2. The van der Waals surface area contributed by atoms with Crippen molar-refractivity contribution in [3.8, 4) is 0 Å². The van der Waals surface area contributed by atoms with Gasteiger partial charge in [0.25, 0.3) is 0 Å². The van der Waals surface area contributed by atoms with Gasteiger partial charge in [0.2, 0.25) is 0 Å². The third-order valence-electron chi connectivity index (χ3n) is 6.55. The van der Waals surface area contributed by atoms with Crippen LogP contribution in [0.25, 0.3) is 0 Å². The van der Waals surface area contributed by atoms with Gasteiger partial charge in [-0.2, -0.15) is 0 Å². The molecule has 3 unspecified atom stereocenters. The number of fused-ring (bicyclic) bond motifs is 1. The fraction of sp³-hybridized carbons (Fsp3) is 0.455. The Morgan fingerprint density at radius 3 is 2.52 bits per heavy atom. The first-order chi connectivity index (χ1) is 13.1. The molecular formula is C22H27N2O2S-. The lowest BCUT2D eigenvalue weighted by Gasteiger charge is -2.25. The Balaban J connectivity index is 1.29. The molecule has 2 aromatic carbocycles. The molecule has 1 aliphatic carbocycles. The van der Waals surface area contributed by atoms with E-state index in [1.165, 1.54) is 37.2 Å². The van der Waals surface area contributed by atoms with Crippen LogP contribution in [-0.4, -0.2) is 33.3 Å². The van der Waals surface area contributed by atoms with Crippen molar-refractivity contribution in [2.24, 2.45) is 11.8 Å². The number of aryl methyl sites for hydroxylation is 1. The molecule has 0 spiro atoms. The van der Waals surface area contributed by atoms with E-state index in [-0.39, 0.29) is 5.41 Å². The molecule has 1 saturated heterocycles. The number of piperidine rings is 1. The lowest BCUT2D eigenvalue weighted by atomic mass is 9.91. The second-order valence-corrected chi connectivity index (χ2v) is 8.86. The largest absolute Gasteiger partial charge is 0.760 e. The summed E-state index contributed by atoms with van der Waals surface area (Å²) in [6.45, 7) is 6.28. The lowest BCUT2D eigenvalue weighted by molar-refractivity contribution is 0.274. The first kappa shape index (κ1) is 18.8. The van der Waals surface area contributed by atoms with Gasteiger partial charge in [-0.05, 0) is 47.9 Å². The Morgan fingerprint density at radius 2 is 1.81 bits per heavy atom. The summed E-state index contributed by atoms with van der Waals surface area (Å²) >= 11 is -2.21. The molecule has 4 rings (SSSR count). The fourth-order valence-electron chi connectivity index (χ4n) is 4.88. The predicted octanol–water partition coefficient (Wildman–Crippen LogP) is 3.02. The highest BCUT2D eigenvalue weighted by Gasteiger charge is 2.65. The van der Waals surface area contributed by atoms with Crippen molar-refractivity contribution < 1.29 is 8.76 Å². The van der Waals surface area contributed by atoms with Crippen LogP contribution in [0.4, 0.5) is 0 Å². The summed E-state index contributed by atoms with van der Waals surface area (Å²) in [6, 6.07) is 19.1. The Labute approximate surface area is 164 Å². The average Bonchev–Trinajstić information content (AvgIpc) is 3.03. The highest BCUT2D eigenvalue weighted by molar-refractivity contribution is 7.77. The first-order valence-corrected chi connectivity index (χ1v) is 10.8. The minimum absolute atomic E-state index is 0.253. The minimum Gasteiger partial charge on any atom is -0.760 e. The molecular weight excluding hydrogens is 356 g/mol. The molecule has 1 N–H and O–H groups in total. The zero-order chi connectivity index (χ0) is 18.9. The van der Waals surface area contributed by atoms with E-state index in [4.69, 9.17) is 0 Å². The first-order valence-electron chi connectivity index (χ1n) is 9.76. The molecule has 2 aromatic rings. The van der Waals surface area contributed by atoms with E-state index in [0.29, 0.717) is 6.54 Å². The minimum atomic E-state index is -2.21. The van der Waals surface area contributed by atoms with Crippen LogP contribution in [0.15, 0.2) is 54.6 Å². The van der Waals surface area contributed by atoms with Gasteiger partial charge in [-0.15, -0.1) is 0 Å². The van der Waals surface area contributed by atoms with Crippen LogP contribution in [-0.2, 0) is 29.6 Å². The van der Waals surface area contributed by atoms with Gasteiger partial charge in [0.15, 0.2) is 0 Å². The van der Waals surface area contributed by atoms with E-state index in [2.05, 4.69) is 65.1 Å². The van der Waals surface area contributed by atoms with Crippen LogP contribution >= 0.6 is 0 Å². The van der Waals surface area contributed by atoms with Crippen molar-refractivity contribution >= 4 is 11.3 Å². The van der Waals surface area contributed by atoms with Gasteiger partial charge < -0.3 is 9.45 Å². The smallest absolute Gasteiger partial charge is 0.0322 e. The second kappa shape index (κ2) is 7.84. The third kappa shape index (κ3) is 4.02. The Kier molecular flexibility index (Phi) is 5.46. The number of hydrogen-bond acceptors (Lipinski definition) is 3. The monoisotopic (exact) mass is 383 g/mol. The molecule has 0 amide bonds. The maximum Gasteiger partial charge on any atom is 0.0322 e. The maximum atomic E-state index is 10.7. The molecule has 3 atom stereocenters. The molecule has 1 aliphatic heterocycles. The van der Waals surface area contributed by atoms with E-state index < -0.39 is 11.3 Å². The van der Waals surface area contributed by atoms with Crippen LogP contribution in [0.2, 0.25) is 0 Å². The normalized spacial score (nSPS) is 28.1. The zero-order valence-corrected chi connectivity index (χ0v) is 16.6. The number of likely N-dealkylation sites (tertiary alicyclic amines) is 1. The van der Waals surface area contributed by atoms with Crippen LogP contribution in [0, 0.1) is 11.8 Å². The van der Waals surface area contributed by atoms with Gasteiger partial charge in [-0.25, -0.2) is 4.72 Å². The predicted molar refractivity (Wildman–Crippen MR) is 108 cm³/mol. The molecule has 2 fully saturated rings. The van der Waals surface area contributed by atoms with Crippen molar-refractivity contribution in [2.75, 3.05) is 19.6 Å². The third-order valence-corrected chi connectivity index (χ3v) is 6.93. The van der Waals surface area contributed by atoms with Crippen LogP contribution < -0.4 is 4.72 Å². The van der Waals surface area contributed by atoms with E-state index in [0.717, 1.165) is 23.8 Å². The van der Waals surface area contributed by atoms with E-state index in [9.17, 15) is 8.76 Å². The molecule has 0 aromatic heterocycles. The van der Waals surface area contributed by atoms with Gasteiger partial charge in [-0.1, -0.05) is 61.5 Å². The quantitative estimate of drug-likeness (QED) is 0.713. The Hall–Kier alpha value is -1.53. The Bertz CT molecular complexity index is 799. The van der Waals surface area contributed by atoms with Crippen LogP contribution in [0.1, 0.15) is 30.0 Å². The molecule has 1 saturated carbocycles. The van der Waals surface area contributed by atoms with E-state index in [1.54, 1.807) is 0 Å². The molecule has 27 heavy (non-hydrogen) atoms. The van der Waals surface area contributed by atoms with Crippen molar-refractivity contribution in [1.82, 2.24) is 9.62 Å². The van der Waals surface area contributed by atoms with Crippen molar-refractivity contribution in [2.45, 2.75) is 31.7 Å². The van der Waals surface area contributed by atoms with Gasteiger partial charge in [0.1, 0.15) is 0 Å².